The van der Waals surface area contributed by atoms with Crippen LogP contribution < -0.4 is 0 Å². The lowest BCUT2D eigenvalue weighted by molar-refractivity contribution is 0.0696. The molecule has 0 saturated carbocycles. The van der Waals surface area contributed by atoms with Crippen LogP contribution in [0.15, 0.2) is 60.8 Å². The fourth-order valence-corrected chi connectivity index (χ4v) is 2.22. The second-order valence-electron chi connectivity index (χ2n) is 4.78. The lowest BCUT2D eigenvalue weighted by Crippen LogP contribution is -1.98. The summed E-state index contributed by atoms with van der Waals surface area (Å²) in [6.07, 6.45) is 2.44. The maximum absolute atomic E-state index is 11.0. The van der Waals surface area contributed by atoms with Gasteiger partial charge in [0, 0.05) is 18.2 Å². The number of carboxylic acids is 1. The molecule has 1 heterocycles. The molecule has 4 nitrogen and oxygen atoms in total. The van der Waals surface area contributed by atoms with Gasteiger partial charge < -0.3 is 10.1 Å². The molecule has 0 bridgehead atoms. The molecule has 104 valence electrons. The van der Waals surface area contributed by atoms with Crippen LogP contribution >= 0.6 is 0 Å². The number of carboxylic acid groups (broad SMARTS) is 1. The minimum atomic E-state index is -0.915. The number of rotatable bonds is 4. The number of H-pyrrole nitrogens is 1. The molecular weight excluding hydrogens is 264 g/mol. The van der Waals surface area contributed by atoms with Gasteiger partial charge in [-0.05, 0) is 17.7 Å². The van der Waals surface area contributed by atoms with Crippen LogP contribution in [0, 0.1) is 0 Å². The number of nitrogens with zero attached hydrogens (tertiary/aromatic N) is 1. The van der Waals surface area contributed by atoms with E-state index in [9.17, 15) is 4.79 Å². The predicted octanol–water partition coefficient (Wildman–Crippen LogP) is 3.37. The normalized spacial score (nSPS) is 10.5. The minimum Gasteiger partial charge on any atom is -0.478 e. The summed E-state index contributed by atoms with van der Waals surface area (Å²) in [7, 11) is 0. The fraction of sp³-hybridized carbons (Fsp3) is 0.0588. The molecule has 0 spiro atoms. The maximum atomic E-state index is 11.0. The van der Waals surface area contributed by atoms with Crippen LogP contribution in [0.3, 0.4) is 0 Å². The Morgan fingerprint density at radius 2 is 1.90 bits per heavy atom. The number of imidazole rings is 1. The highest BCUT2D eigenvalue weighted by Gasteiger charge is 2.07. The van der Waals surface area contributed by atoms with Gasteiger partial charge in [0.25, 0.3) is 0 Å². The zero-order valence-corrected chi connectivity index (χ0v) is 11.3. The summed E-state index contributed by atoms with van der Waals surface area (Å²) in [6.45, 7) is 0. The van der Waals surface area contributed by atoms with E-state index >= 15 is 0 Å². The van der Waals surface area contributed by atoms with Gasteiger partial charge in [-0.15, -0.1) is 0 Å². The largest absolute Gasteiger partial charge is 0.478 e. The predicted molar refractivity (Wildman–Crippen MR) is 80.2 cm³/mol. The summed E-state index contributed by atoms with van der Waals surface area (Å²) in [5, 5.41) is 9.00. The number of hydrogen-bond donors (Lipinski definition) is 2. The Balaban J connectivity index is 1.82. The lowest BCUT2D eigenvalue weighted by atomic mass is 10.1. The third kappa shape index (κ3) is 3.00. The molecule has 0 radical (unpaired) electrons. The van der Waals surface area contributed by atoms with Gasteiger partial charge in [-0.3, -0.25) is 0 Å². The van der Waals surface area contributed by atoms with Crippen molar-refractivity contribution in [2.75, 3.05) is 0 Å². The van der Waals surface area contributed by atoms with Crippen molar-refractivity contribution in [1.29, 1.82) is 0 Å². The van der Waals surface area contributed by atoms with Crippen molar-refractivity contribution in [1.82, 2.24) is 9.97 Å². The van der Waals surface area contributed by atoms with Gasteiger partial charge in [0.1, 0.15) is 5.82 Å². The van der Waals surface area contributed by atoms with Gasteiger partial charge >= 0.3 is 5.97 Å². The number of carbonyl (C=O) groups is 1. The minimum absolute atomic E-state index is 0.294. The van der Waals surface area contributed by atoms with Gasteiger partial charge in [0.15, 0.2) is 0 Å². The Morgan fingerprint density at radius 1 is 1.10 bits per heavy atom. The van der Waals surface area contributed by atoms with Crippen molar-refractivity contribution in [2.45, 2.75) is 6.42 Å². The fourth-order valence-electron chi connectivity index (χ4n) is 2.22. The summed E-state index contributed by atoms with van der Waals surface area (Å²) in [6, 6.07) is 16.8. The zero-order valence-electron chi connectivity index (χ0n) is 11.3. The summed E-state index contributed by atoms with van der Waals surface area (Å²) in [4.78, 5) is 18.7. The van der Waals surface area contributed by atoms with E-state index in [1.54, 1.807) is 18.2 Å². The molecule has 0 aliphatic carbocycles. The van der Waals surface area contributed by atoms with Crippen LogP contribution in [0.25, 0.3) is 11.3 Å². The van der Waals surface area contributed by atoms with Crippen molar-refractivity contribution in [3.05, 3.63) is 77.7 Å². The molecule has 3 aromatic rings. The molecule has 3 rings (SSSR count). The van der Waals surface area contributed by atoms with Crippen LogP contribution in [0.4, 0.5) is 0 Å². The average molecular weight is 278 g/mol. The maximum Gasteiger partial charge on any atom is 0.335 e. The van der Waals surface area contributed by atoms with E-state index in [0.717, 1.165) is 22.6 Å². The monoisotopic (exact) mass is 278 g/mol. The first-order valence-corrected chi connectivity index (χ1v) is 6.64. The highest BCUT2D eigenvalue weighted by atomic mass is 16.4. The molecule has 0 amide bonds. The van der Waals surface area contributed by atoms with Gasteiger partial charge in [-0.1, -0.05) is 42.5 Å². The van der Waals surface area contributed by atoms with E-state index in [2.05, 4.69) is 9.97 Å². The van der Waals surface area contributed by atoms with Crippen molar-refractivity contribution >= 4 is 5.97 Å². The summed E-state index contributed by atoms with van der Waals surface area (Å²) >= 11 is 0. The molecule has 4 heteroatoms. The molecule has 2 N–H and O–H groups in total. The Bertz CT molecular complexity index is 763. The van der Waals surface area contributed by atoms with Crippen LogP contribution in [-0.4, -0.2) is 21.0 Å². The first-order valence-electron chi connectivity index (χ1n) is 6.64. The molecule has 0 fully saturated rings. The lowest BCUT2D eigenvalue weighted by Gasteiger charge is -2.00. The Hall–Kier alpha value is -2.88. The molecule has 0 aliphatic rings. The SMILES string of the molecule is O=C(O)c1cccc(Cc2nc(-c3ccccc3)c[nH]2)c1. The first kappa shape index (κ1) is 13.1. The summed E-state index contributed by atoms with van der Waals surface area (Å²) in [5.41, 5.74) is 3.16. The first-order chi connectivity index (χ1) is 10.2. The summed E-state index contributed by atoms with van der Waals surface area (Å²) in [5.74, 6) is -0.0994. The smallest absolute Gasteiger partial charge is 0.335 e. The van der Waals surface area contributed by atoms with E-state index in [4.69, 9.17) is 5.11 Å². The standard InChI is InChI=1S/C17H14N2O2/c20-17(21)14-8-4-5-12(9-14)10-16-18-11-15(19-16)13-6-2-1-3-7-13/h1-9,11H,10H2,(H,18,19)(H,20,21). The number of benzene rings is 2. The second kappa shape index (κ2) is 5.63. The Morgan fingerprint density at radius 3 is 2.67 bits per heavy atom. The average Bonchev–Trinajstić information content (AvgIpc) is 2.97. The molecule has 1 aromatic heterocycles. The van der Waals surface area contributed by atoms with Crippen molar-refractivity contribution < 1.29 is 9.90 Å². The zero-order chi connectivity index (χ0) is 14.7. The number of aromatic nitrogens is 2. The third-order valence-electron chi connectivity index (χ3n) is 3.25. The number of hydrogen-bond acceptors (Lipinski definition) is 2. The van der Waals surface area contributed by atoms with Crippen LogP contribution in [-0.2, 0) is 6.42 Å². The van der Waals surface area contributed by atoms with Crippen LogP contribution in [0.5, 0.6) is 0 Å². The van der Waals surface area contributed by atoms with E-state index < -0.39 is 5.97 Å². The molecule has 0 saturated heterocycles. The van der Waals surface area contributed by atoms with E-state index in [0.29, 0.717) is 12.0 Å². The molecule has 21 heavy (non-hydrogen) atoms. The van der Waals surface area contributed by atoms with Crippen LogP contribution in [0.2, 0.25) is 0 Å². The number of nitrogens with one attached hydrogen (secondary N) is 1. The highest BCUT2D eigenvalue weighted by molar-refractivity contribution is 5.87. The number of aromatic carboxylic acids is 1. The Labute approximate surface area is 122 Å². The van der Waals surface area contributed by atoms with E-state index in [1.165, 1.54) is 0 Å². The quantitative estimate of drug-likeness (QED) is 0.769. The molecule has 0 atom stereocenters. The molecular formula is C17H14N2O2. The van der Waals surface area contributed by atoms with Gasteiger partial charge in [-0.25, -0.2) is 9.78 Å². The van der Waals surface area contributed by atoms with E-state index in [-0.39, 0.29) is 0 Å². The Kier molecular flexibility index (Phi) is 3.51. The molecule has 2 aromatic carbocycles. The molecule has 0 aliphatic heterocycles. The van der Waals surface area contributed by atoms with Crippen molar-refractivity contribution in [3.8, 4) is 11.3 Å². The highest BCUT2D eigenvalue weighted by Crippen LogP contribution is 2.17. The second-order valence-corrected chi connectivity index (χ2v) is 4.78. The third-order valence-corrected chi connectivity index (χ3v) is 3.25. The van der Waals surface area contributed by atoms with E-state index in [1.807, 2.05) is 42.6 Å². The molecule has 0 unspecified atom stereocenters. The topological polar surface area (TPSA) is 66.0 Å². The van der Waals surface area contributed by atoms with Gasteiger partial charge in [0.2, 0.25) is 0 Å². The number of aromatic amines is 1. The van der Waals surface area contributed by atoms with Crippen molar-refractivity contribution in [3.63, 3.8) is 0 Å². The van der Waals surface area contributed by atoms with Gasteiger partial charge in [0.05, 0.1) is 11.3 Å². The van der Waals surface area contributed by atoms with Crippen LogP contribution in [0.1, 0.15) is 21.7 Å². The van der Waals surface area contributed by atoms with Gasteiger partial charge in [-0.2, -0.15) is 0 Å². The summed E-state index contributed by atoms with van der Waals surface area (Å²) < 4.78 is 0. The van der Waals surface area contributed by atoms with Crippen molar-refractivity contribution in [2.24, 2.45) is 0 Å².